The Morgan fingerprint density at radius 3 is 2.57 bits per heavy atom. The summed E-state index contributed by atoms with van der Waals surface area (Å²) in [4.78, 5) is 10.6. The molecule has 84 valence electrons. The molecule has 1 atom stereocenters. The van der Waals surface area contributed by atoms with E-state index in [4.69, 9.17) is 4.74 Å². The maximum atomic E-state index is 10.6. The number of hydrogen-bond donors (Lipinski definition) is 0. The first-order valence-corrected chi connectivity index (χ1v) is 5.41. The molecule has 0 aliphatic heterocycles. The zero-order valence-electron chi connectivity index (χ0n) is 9.54. The lowest BCUT2D eigenvalue weighted by Crippen LogP contribution is -2.11. The summed E-state index contributed by atoms with van der Waals surface area (Å²) in [6, 6.07) is 0. The number of carbonyl (C=O) groups excluding carboxylic acids is 1. The van der Waals surface area contributed by atoms with Crippen molar-refractivity contribution in [1.29, 1.82) is 0 Å². The van der Waals surface area contributed by atoms with Crippen LogP contribution in [-0.4, -0.2) is 19.9 Å². The Hall–Kier alpha value is -0.730. The highest BCUT2D eigenvalue weighted by atomic mass is 16.7. The minimum atomic E-state index is -0.578. The predicted molar refractivity (Wildman–Crippen MR) is 56.3 cm³/mol. The van der Waals surface area contributed by atoms with Crippen molar-refractivity contribution < 1.29 is 14.3 Å². The molecule has 0 heterocycles. The van der Waals surface area contributed by atoms with Gasteiger partial charge in [-0.15, -0.1) is 0 Å². The summed E-state index contributed by atoms with van der Waals surface area (Å²) in [5.41, 5.74) is 0. The molecule has 14 heavy (non-hydrogen) atoms. The van der Waals surface area contributed by atoms with Gasteiger partial charge in [0.1, 0.15) is 0 Å². The lowest BCUT2D eigenvalue weighted by atomic mass is 10.0. The van der Waals surface area contributed by atoms with Gasteiger partial charge in [0, 0.05) is 0 Å². The summed E-state index contributed by atoms with van der Waals surface area (Å²) >= 11 is 0. The molecule has 0 N–H and O–H groups in total. The fraction of sp³-hybridized carbons (Fsp3) is 0.909. The Morgan fingerprint density at radius 1 is 1.29 bits per heavy atom. The highest BCUT2D eigenvalue weighted by molar-refractivity contribution is 5.59. The van der Waals surface area contributed by atoms with E-state index in [0.717, 1.165) is 6.42 Å². The zero-order chi connectivity index (χ0) is 10.8. The molecule has 0 rings (SSSR count). The molecule has 0 aromatic rings. The van der Waals surface area contributed by atoms with Crippen LogP contribution < -0.4 is 0 Å². The molecule has 0 aliphatic carbocycles. The first-order valence-electron chi connectivity index (χ1n) is 5.41. The first-order chi connectivity index (χ1) is 6.70. The molecule has 0 saturated heterocycles. The van der Waals surface area contributed by atoms with Gasteiger partial charge in [0.25, 0.3) is 0 Å². The van der Waals surface area contributed by atoms with Crippen molar-refractivity contribution in [3.63, 3.8) is 0 Å². The molecule has 0 bridgehead atoms. The smallest absolute Gasteiger partial charge is 0.438 e. The third-order valence-electron chi connectivity index (χ3n) is 2.20. The maximum Gasteiger partial charge on any atom is 0.507 e. The van der Waals surface area contributed by atoms with Gasteiger partial charge in [-0.2, -0.15) is 0 Å². The molecule has 0 aromatic carbocycles. The van der Waals surface area contributed by atoms with Crippen molar-refractivity contribution in [1.82, 2.24) is 0 Å². The van der Waals surface area contributed by atoms with Gasteiger partial charge in [-0.05, 0) is 12.3 Å². The molecule has 1 unspecified atom stereocenters. The molecular weight excluding hydrogens is 180 g/mol. The van der Waals surface area contributed by atoms with E-state index in [-0.39, 0.29) is 0 Å². The summed E-state index contributed by atoms with van der Waals surface area (Å²) in [5, 5.41) is 0. The largest absolute Gasteiger partial charge is 0.507 e. The van der Waals surface area contributed by atoms with Gasteiger partial charge in [0.2, 0.25) is 0 Å². The van der Waals surface area contributed by atoms with E-state index in [1.165, 1.54) is 32.8 Å². The van der Waals surface area contributed by atoms with Crippen molar-refractivity contribution in [2.45, 2.75) is 46.0 Å². The summed E-state index contributed by atoms with van der Waals surface area (Å²) in [7, 11) is 1.33. The number of rotatable bonds is 7. The van der Waals surface area contributed by atoms with E-state index in [1.807, 2.05) is 0 Å². The predicted octanol–water partition coefficient (Wildman–Crippen LogP) is 3.38. The summed E-state index contributed by atoms with van der Waals surface area (Å²) in [6.45, 7) is 4.76. The number of hydrogen-bond acceptors (Lipinski definition) is 3. The van der Waals surface area contributed by atoms with E-state index >= 15 is 0 Å². The van der Waals surface area contributed by atoms with Crippen LogP contribution in [0, 0.1) is 5.92 Å². The highest BCUT2D eigenvalue weighted by Gasteiger charge is 2.06. The SMILES string of the molecule is CCCCCCC(C)COC(=O)OC. The van der Waals surface area contributed by atoms with Gasteiger partial charge < -0.3 is 9.47 Å². The van der Waals surface area contributed by atoms with Crippen molar-refractivity contribution in [2.24, 2.45) is 5.92 Å². The van der Waals surface area contributed by atoms with Gasteiger partial charge in [-0.25, -0.2) is 4.79 Å². The molecular formula is C11H22O3. The van der Waals surface area contributed by atoms with E-state index in [1.54, 1.807) is 0 Å². The van der Waals surface area contributed by atoms with Gasteiger partial charge >= 0.3 is 6.16 Å². The van der Waals surface area contributed by atoms with Crippen molar-refractivity contribution in [2.75, 3.05) is 13.7 Å². The average Bonchev–Trinajstić information content (AvgIpc) is 2.21. The number of methoxy groups -OCH3 is 1. The Labute approximate surface area is 86.8 Å². The summed E-state index contributed by atoms with van der Waals surface area (Å²) in [6.07, 6.45) is 5.60. The lowest BCUT2D eigenvalue weighted by molar-refractivity contribution is 0.0606. The second-order valence-electron chi connectivity index (χ2n) is 3.72. The Morgan fingerprint density at radius 2 is 2.00 bits per heavy atom. The minimum Gasteiger partial charge on any atom is -0.438 e. The maximum absolute atomic E-state index is 10.6. The molecule has 3 nitrogen and oxygen atoms in total. The van der Waals surface area contributed by atoms with Crippen LogP contribution in [0.3, 0.4) is 0 Å². The van der Waals surface area contributed by atoms with Crippen molar-refractivity contribution in [3.8, 4) is 0 Å². The van der Waals surface area contributed by atoms with Crippen LogP contribution in [0.4, 0.5) is 4.79 Å². The Balaban J connectivity index is 3.27. The number of unbranched alkanes of at least 4 members (excludes halogenated alkanes) is 3. The van der Waals surface area contributed by atoms with Gasteiger partial charge in [0.15, 0.2) is 0 Å². The molecule has 0 saturated carbocycles. The van der Waals surface area contributed by atoms with Crippen LogP contribution >= 0.6 is 0 Å². The molecule has 0 fully saturated rings. The molecule has 0 amide bonds. The van der Waals surface area contributed by atoms with Gasteiger partial charge in [-0.1, -0.05) is 39.5 Å². The van der Waals surface area contributed by atoms with Crippen LogP contribution in [0.5, 0.6) is 0 Å². The van der Waals surface area contributed by atoms with Crippen LogP contribution in [0.15, 0.2) is 0 Å². The van der Waals surface area contributed by atoms with Crippen LogP contribution in [0.2, 0.25) is 0 Å². The second-order valence-corrected chi connectivity index (χ2v) is 3.72. The Kier molecular flexibility index (Phi) is 8.39. The average molecular weight is 202 g/mol. The second kappa shape index (κ2) is 8.85. The Bertz CT molecular complexity index is 145. The van der Waals surface area contributed by atoms with Crippen LogP contribution in [-0.2, 0) is 9.47 Å². The lowest BCUT2D eigenvalue weighted by Gasteiger charge is -2.10. The number of ether oxygens (including phenoxy) is 2. The van der Waals surface area contributed by atoms with Crippen LogP contribution in [0.1, 0.15) is 46.0 Å². The third-order valence-corrected chi connectivity index (χ3v) is 2.20. The van der Waals surface area contributed by atoms with Gasteiger partial charge in [0.05, 0.1) is 13.7 Å². The van der Waals surface area contributed by atoms with E-state index in [2.05, 4.69) is 18.6 Å². The molecule has 0 aliphatic rings. The van der Waals surface area contributed by atoms with Crippen LogP contribution in [0.25, 0.3) is 0 Å². The molecule has 0 radical (unpaired) electrons. The molecule has 0 spiro atoms. The molecule has 0 aromatic heterocycles. The minimum absolute atomic E-state index is 0.436. The van der Waals surface area contributed by atoms with E-state index in [9.17, 15) is 4.79 Å². The van der Waals surface area contributed by atoms with E-state index in [0.29, 0.717) is 12.5 Å². The standard InChI is InChI=1S/C11H22O3/c1-4-5-6-7-8-10(2)9-14-11(12)13-3/h10H,4-9H2,1-3H3. The summed E-state index contributed by atoms with van der Waals surface area (Å²) in [5.74, 6) is 0.436. The third kappa shape index (κ3) is 7.90. The molecule has 3 heteroatoms. The van der Waals surface area contributed by atoms with Gasteiger partial charge in [-0.3, -0.25) is 0 Å². The number of carbonyl (C=O) groups is 1. The normalized spacial score (nSPS) is 12.2. The van der Waals surface area contributed by atoms with E-state index < -0.39 is 6.16 Å². The zero-order valence-corrected chi connectivity index (χ0v) is 9.54. The first kappa shape index (κ1) is 13.3. The van der Waals surface area contributed by atoms with Crippen molar-refractivity contribution >= 4 is 6.16 Å². The fourth-order valence-electron chi connectivity index (χ4n) is 1.27. The topological polar surface area (TPSA) is 35.5 Å². The fourth-order valence-corrected chi connectivity index (χ4v) is 1.27. The summed E-state index contributed by atoms with van der Waals surface area (Å²) < 4.78 is 9.23. The monoisotopic (exact) mass is 202 g/mol. The highest BCUT2D eigenvalue weighted by Crippen LogP contribution is 2.10. The quantitative estimate of drug-likeness (QED) is 0.469. The van der Waals surface area contributed by atoms with Crippen molar-refractivity contribution in [3.05, 3.63) is 0 Å².